The van der Waals surface area contributed by atoms with Crippen molar-refractivity contribution < 1.29 is 4.42 Å². The van der Waals surface area contributed by atoms with Crippen molar-refractivity contribution in [3.05, 3.63) is 11.8 Å². The van der Waals surface area contributed by atoms with Gasteiger partial charge in [0.25, 0.3) is 0 Å². The summed E-state index contributed by atoms with van der Waals surface area (Å²) in [7, 11) is 0. The van der Waals surface area contributed by atoms with Gasteiger partial charge in [0, 0.05) is 5.92 Å². The van der Waals surface area contributed by atoms with Crippen LogP contribution in [0.25, 0.3) is 0 Å². The Hall–Kier alpha value is -0.570. The van der Waals surface area contributed by atoms with Crippen molar-refractivity contribution in [2.24, 2.45) is 11.8 Å². The molecule has 2 atom stereocenters. The number of hydrogen-bond acceptors (Lipinski definition) is 3. The molecule has 3 rings (SSSR count). The molecule has 0 aromatic carbocycles. The first kappa shape index (κ1) is 7.80. The second-order valence-electron chi connectivity index (χ2n) is 4.09. The zero-order valence-electron chi connectivity index (χ0n) is 7.24. The van der Waals surface area contributed by atoms with E-state index in [0.29, 0.717) is 17.7 Å². The molecule has 3 nitrogen and oxygen atoms in total. The zero-order chi connectivity index (χ0) is 8.84. The molecule has 0 radical (unpaired) electrons. The molecule has 0 spiro atoms. The van der Waals surface area contributed by atoms with Gasteiger partial charge in [0.05, 0.1) is 0 Å². The number of alkyl halides is 1. The van der Waals surface area contributed by atoms with Crippen LogP contribution in [0.5, 0.6) is 0 Å². The molecule has 2 aliphatic carbocycles. The third-order valence-electron chi connectivity index (χ3n) is 3.19. The summed E-state index contributed by atoms with van der Waals surface area (Å²) in [5.74, 6) is 4.12. The number of fused-ring (bicyclic) bond motifs is 1. The lowest BCUT2D eigenvalue weighted by Crippen LogP contribution is -1.95. The maximum absolute atomic E-state index is 5.59. The minimum absolute atomic E-state index is 0.326. The van der Waals surface area contributed by atoms with Crippen LogP contribution in [0.2, 0.25) is 0 Å². The Bertz CT molecular complexity index is 315. The van der Waals surface area contributed by atoms with Crippen LogP contribution in [-0.2, 0) is 5.88 Å². The summed E-state index contributed by atoms with van der Waals surface area (Å²) in [4.78, 5) is 0. The summed E-state index contributed by atoms with van der Waals surface area (Å²) in [6, 6.07) is 0. The smallest absolute Gasteiger partial charge is 0.231 e. The Labute approximate surface area is 81.5 Å². The first-order valence-corrected chi connectivity index (χ1v) is 5.28. The van der Waals surface area contributed by atoms with E-state index in [0.717, 1.165) is 17.7 Å². The normalized spacial score (nSPS) is 36.2. The minimum atomic E-state index is 0.326. The van der Waals surface area contributed by atoms with Crippen LogP contribution < -0.4 is 0 Å². The summed E-state index contributed by atoms with van der Waals surface area (Å²) >= 11 is 5.59. The molecule has 2 saturated carbocycles. The SMILES string of the molecule is ClCc1nnc(C2CC3CC3C2)o1. The van der Waals surface area contributed by atoms with E-state index in [1.54, 1.807) is 0 Å². The van der Waals surface area contributed by atoms with Gasteiger partial charge in [-0.25, -0.2) is 0 Å². The largest absolute Gasteiger partial charge is 0.424 e. The molecular formula is C9H11ClN2O. The summed E-state index contributed by atoms with van der Waals surface area (Å²) in [6.07, 6.45) is 3.91. The highest BCUT2D eigenvalue weighted by Gasteiger charge is 2.47. The molecule has 1 aromatic heterocycles. The standard InChI is InChI=1S/C9H11ClN2O/c10-4-8-11-12-9(13-8)7-2-5-1-6(5)3-7/h5-7H,1-4H2. The maximum atomic E-state index is 5.59. The van der Waals surface area contributed by atoms with Crippen molar-refractivity contribution in [2.45, 2.75) is 31.1 Å². The van der Waals surface area contributed by atoms with Gasteiger partial charge in [-0.15, -0.1) is 21.8 Å². The average molecular weight is 199 g/mol. The fourth-order valence-corrected chi connectivity index (χ4v) is 2.51. The van der Waals surface area contributed by atoms with E-state index in [2.05, 4.69) is 10.2 Å². The van der Waals surface area contributed by atoms with Gasteiger partial charge >= 0.3 is 0 Å². The minimum Gasteiger partial charge on any atom is -0.424 e. The van der Waals surface area contributed by atoms with Crippen molar-refractivity contribution in [1.82, 2.24) is 10.2 Å². The molecule has 70 valence electrons. The quantitative estimate of drug-likeness (QED) is 0.685. The van der Waals surface area contributed by atoms with Crippen molar-refractivity contribution in [1.29, 1.82) is 0 Å². The van der Waals surface area contributed by atoms with E-state index < -0.39 is 0 Å². The average Bonchev–Trinajstić information content (AvgIpc) is 2.67. The second kappa shape index (κ2) is 2.71. The monoisotopic (exact) mass is 198 g/mol. The summed E-state index contributed by atoms with van der Waals surface area (Å²) in [6.45, 7) is 0. The Morgan fingerprint density at radius 1 is 1.23 bits per heavy atom. The summed E-state index contributed by atoms with van der Waals surface area (Å²) in [5.41, 5.74) is 0. The van der Waals surface area contributed by atoms with E-state index in [4.69, 9.17) is 16.0 Å². The molecule has 4 heteroatoms. The van der Waals surface area contributed by atoms with Crippen LogP contribution in [-0.4, -0.2) is 10.2 Å². The molecular weight excluding hydrogens is 188 g/mol. The van der Waals surface area contributed by atoms with Gasteiger partial charge in [-0.05, 0) is 31.1 Å². The van der Waals surface area contributed by atoms with E-state index in [-0.39, 0.29) is 0 Å². The second-order valence-corrected chi connectivity index (χ2v) is 4.36. The van der Waals surface area contributed by atoms with Crippen LogP contribution >= 0.6 is 11.6 Å². The fourth-order valence-electron chi connectivity index (χ4n) is 2.40. The van der Waals surface area contributed by atoms with Gasteiger partial charge in [0.2, 0.25) is 11.8 Å². The van der Waals surface area contributed by atoms with Gasteiger partial charge in [-0.1, -0.05) is 0 Å². The topological polar surface area (TPSA) is 38.9 Å². The highest BCUT2D eigenvalue weighted by molar-refractivity contribution is 6.16. The zero-order valence-corrected chi connectivity index (χ0v) is 8.00. The summed E-state index contributed by atoms with van der Waals surface area (Å²) < 4.78 is 5.43. The molecule has 2 fully saturated rings. The third-order valence-corrected chi connectivity index (χ3v) is 3.42. The van der Waals surface area contributed by atoms with Crippen LogP contribution in [0, 0.1) is 11.8 Å². The molecule has 0 N–H and O–H groups in total. The van der Waals surface area contributed by atoms with Crippen LogP contribution in [0.3, 0.4) is 0 Å². The first-order valence-electron chi connectivity index (χ1n) is 4.75. The lowest BCUT2D eigenvalue weighted by Gasteiger charge is -2.04. The van der Waals surface area contributed by atoms with Crippen molar-refractivity contribution in [2.75, 3.05) is 0 Å². The molecule has 0 saturated heterocycles. The van der Waals surface area contributed by atoms with Gasteiger partial charge in [-0.3, -0.25) is 0 Å². The van der Waals surface area contributed by atoms with Crippen LogP contribution in [0.15, 0.2) is 4.42 Å². The predicted molar refractivity (Wildman–Crippen MR) is 47.4 cm³/mol. The molecule has 0 bridgehead atoms. The number of halogens is 1. The van der Waals surface area contributed by atoms with Crippen molar-refractivity contribution >= 4 is 11.6 Å². The molecule has 0 aliphatic heterocycles. The predicted octanol–water partition coefficient (Wildman–Crippen LogP) is 2.32. The summed E-state index contributed by atoms with van der Waals surface area (Å²) in [5, 5.41) is 7.89. The Balaban J connectivity index is 1.77. The Morgan fingerprint density at radius 3 is 2.62 bits per heavy atom. The number of hydrogen-bond donors (Lipinski definition) is 0. The molecule has 2 unspecified atom stereocenters. The van der Waals surface area contributed by atoms with Gasteiger partial charge in [-0.2, -0.15) is 0 Å². The third kappa shape index (κ3) is 1.26. The Morgan fingerprint density at radius 2 is 2.00 bits per heavy atom. The number of rotatable bonds is 2. The molecule has 1 aromatic rings. The van der Waals surface area contributed by atoms with E-state index in [1.807, 2.05) is 0 Å². The maximum Gasteiger partial charge on any atom is 0.231 e. The highest BCUT2D eigenvalue weighted by Crippen LogP contribution is 2.57. The first-order chi connectivity index (χ1) is 6.36. The van der Waals surface area contributed by atoms with Crippen molar-refractivity contribution in [3.63, 3.8) is 0 Å². The molecule has 1 heterocycles. The lowest BCUT2D eigenvalue weighted by molar-refractivity contribution is 0.412. The van der Waals surface area contributed by atoms with Crippen LogP contribution in [0.1, 0.15) is 37.0 Å². The number of nitrogens with zero attached hydrogens (tertiary/aromatic N) is 2. The fraction of sp³-hybridized carbons (Fsp3) is 0.778. The number of aromatic nitrogens is 2. The van der Waals surface area contributed by atoms with E-state index in [1.165, 1.54) is 19.3 Å². The lowest BCUT2D eigenvalue weighted by atomic mass is 10.0. The van der Waals surface area contributed by atoms with Gasteiger partial charge in [0.1, 0.15) is 5.88 Å². The van der Waals surface area contributed by atoms with E-state index >= 15 is 0 Å². The van der Waals surface area contributed by atoms with Crippen molar-refractivity contribution in [3.8, 4) is 0 Å². The van der Waals surface area contributed by atoms with Gasteiger partial charge < -0.3 is 4.42 Å². The van der Waals surface area contributed by atoms with Crippen LogP contribution in [0.4, 0.5) is 0 Å². The van der Waals surface area contributed by atoms with E-state index in [9.17, 15) is 0 Å². The molecule has 0 amide bonds. The Kier molecular flexibility index (Phi) is 1.62. The highest BCUT2D eigenvalue weighted by atomic mass is 35.5. The van der Waals surface area contributed by atoms with Gasteiger partial charge in [0.15, 0.2) is 0 Å². The molecule has 13 heavy (non-hydrogen) atoms. The molecule has 2 aliphatic rings.